The molecule has 0 fully saturated rings. The van der Waals surface area contributed by atoms with Crippen LogP contribution in [0.15, 0.2) is 45.6 Å². The van der Waals surface area contributed by atoms with Gasteiger partial charge >= 0.3 is 0 Å². The van der Waals surface area contributed by atoms with Crippen LogP contribution in [-0.2, 0) is 10.0 Å². The summed E-state index contributed by atoms with van der Waals surface area (Å²) in [4.78, 5) is 12.7. The Bertz CT molecular complexity index is 1250. The molecule has 2 N–H and O–H groups in total. The third-order valence-corrected chi connectivity index (χ3v) is 5.96. The normalized spacial score (nSPS) is 13.0. The maximum absolute atomic E-state index is 12.7. The Morgan fingerprint density at radius 1 is 1.10 bits per heavy atom. The van der Waals surface area contributed by atoms with Crippen molar-refractivity contribution in [2.75, 3.05) is 23.1 Å². The summed E-state index contributed by atoms with van der Waals surface area (Å²) in [5.74, 6) is 0.513. The SMILES string of the molecule is O=c1c(O)c(-c2ccc3c(c2)OCO3)oc2ccc(NS(=O)(=O)CCCCl)cc12. The zero-order valence-corrected chi connectivity index (χ0v) is 16.5. The number of alkyl halides is 1. The first-order valence-corrected chi connectivity index (χ1v) is 10.8. The molecule has 0 aliphatic carbocycles. The van der Waals surface area contributed by atoms with E-state index in [1.807, 2.05) is 0 Å². The summed E-state index contributed by atoms with van der Waals surface area (Å²) >= 11 is 5.53. The Balaban J connectivity index is 1.74. The van der Waals surface area contributed by atoms with Crippen LogP contribution in [0.25, 0.3) is 22.3 Å². The Kier molecular flexibility index (Phi) is 5.01. The van der Waals surface area contributed by atoms with Gasteiger partial charge in [0.1, 0.15) is 5.58 Å². The zero-order valence-electron chi connectivity index (χ0n) is 15.0. The van der Waals surface area contributed by atoms with Gasteiger partial charge in [-0.2, -0.15) is 0 Å². The van der Waals surface area contributed by atoms with Crippen molar-refractivity contribution >= 4 is 38.3 Å². The first-order chi connectivity index (χ1) is 13.9. The largest absolute Gasteiger partial charge is 0.502 e. The molecule has 29 heavy (non-hydrogen) atoms. The summed E-state index contributed by atoms with van der Waals surface area (Å²) in [5, 5.41) is 10.5. The number of sulfonamides is 1. The average Bonchev–Trinajstić information content (AvgIpc) is 3.17. The highest BCUT2D eigenvalue weighted by atomic mass is 35.5. The van der Waals surface area contributed by atoms with Gasteiger partial charge < -0.3 is 19.0 Å². The van der Waals surface area contributed by atoms with Crippen LogP contribution in [0.5, 0.6) is 17.2 Å². The Hall–Kier alpha value is -2.91. The molecule has 4 rings (SSSR count). The van der Waals surface area contributed by atoms with Crippen molar-refractivity contribution in [3.63, 3.8) is 0 Å². The number of benzene rings is 2. The van der Waals surface area contributed by atoms with Crippen molar-refractivity contribution in [2.45, 2.75) is 6.42 Å². The number of ether oxygens (including phenoxy) is 2. The average molecular weight is 438 g/mol. The summed E-state index contributed by atoms with van der Waals surface area (Å²) in [6.07, 6.45) is 0.298. The van der Waals surface area contributed by atoms with E-state index >= 15 is 0 Å². The molecule has 0 spiro atoms. The second-order valence-corrected chi connectivity index (χ2v) is 8.57. The number of anilines is 1. The van der Waals surface area contributed by atoms with Gasteiger partial charge in [0.2, 0.25) is 28.0 Å². The fraction of sp³-hybridized carbons (Fsp3) is 0.211. The quantitative estimate of drug-likeness (QED) is 0.568. The number of hydrogen-bond donors (Lipinski definition) is 2. The second-order valence-electron chi connectivity index (χ2n) is 6.35. The van der Waals surface area contributed by atoms with Gasteiger partial charge in [0.05, 0.1) is 11.1 Å². The van der Waals surface area contributed by atoms with Crippen molar-refractivity contribution in [3.8, 4) is 28.6 Å². The molecule has 1 aliphatic heterocycles. The van der Waals surface area contributed by atoms with Gasteiger partial charge in [-0.15, -0.1) is 11.6 Å². The Morgan fingerprint density at radius 2 is 1.90 bits per heavy atom. The molecule has 0 radical (unpaired) electrons. The maximum atomic E-state index is 12.7. The minimum absolute atomic E-state index is 0.0174. The molecule has 0 bridgehead atoms. The molecule has 2 aromatic carbocycles. The summed E-state index contributed by atoms with van der Waals surface area (Å²) < 4.78 is 42.7. The molecule has 2 heterocycles. The molecular weight excluding hydrogens is 422 g/mol. The van der Waals surface area contributed by atoms with Gasteiger partial charge in [-0.25, -0.2) is 8.42 Å². The van der Waals surface area contributed by atoms with E-state index in [1.54, 1.807) is 18.2 Å². The van der Waals surface area contributed by atoms with Gasteiger partial charge in [0.25, 0.3) is 0 Å². The van der Waals surface area contributed by atoms with Crippen molar-refractivity contribution in [3.05, 3.63) is 46.6 Å². The highest BCUT2D eigenvalue weighted by Crippen LogP contribution is 2.38. The number of aromatic hydroxyl groups is 1. The molecule has 8 nitrogen and oxygen atoms in total. The topological polar surface area (TPSA) is 115 Å². The monoisotopic (exact) mass is 437 g/mol. The predicted octanol–water partition coefficient (Wildman–Crippen LogP) is 3.26. The van der Waals surface area contributed by atoms with E-state index < -0.39 is 21.2 Å². The predicted molar refractivity (Wildman–Crippen MR) is 108 cm³/mol. The number of hydrogen-bond acceptors (Lipinski definition) is 7. The van der Waals surface area contributed by atoms with E-state index in [0.717, 1.165) is 0 Å². The Morgan fingerprint density at radius 3 is 2.69 bits per heavy atom. The molecule has 10 heteroatoms. The lowest BCUT2D eigenvalue weighted by atomic mass is 10.1. The highest BCUT2D eigenvalue weighted by Gasteiger charge is 2.20. The first-order valence-electron chi connectivity index (χ1n) is 8.64. The van der Waals surface area contributed by atoms with Crippen molar-refractivity contribution in [1.82, 2.24) is 0 Å². The van der Waals surface area contributed by atoms with E-state index in [1.165, 1.54) is 18.2 Å². The summed E-state index contributed by atoms with van der Waals surface area (Å²) in [6, 6.07) is 9.15. The molecule has 3 aromatic rings. The third kappa shape index (κ3) is 3.83. The molecule has 1 aliphatic rings. The van der Waals surface area contributed by atoms with E-state index in [2.05, 4.69) is 4.72 Å². The molecule has 0 amide bonds. The van der Waals surface area contributed by atoms with Gasteiger partial charge in [-0.05, 0) is 42.8 Å². The van der Waals surface area contributed by atoms with Crippen LogP contribution < -0.4 is 19.6 Å². The molecule has 1 aromatic heterocycles. The minimum atomic E-state index is -3.60. The summed E-state index contributed by atoms with van der Waals surface area (Å²) in [7, 11) is -3.60. The van der Waals surface area contributed by atoms with E-state index in [4.69, 9.17) is 25.5 Å². The fourth-order valence-corrected chi connectivity index (χ4v) is 4.36. The zero-order chi connectivity index (χ0) is 20.6. The van der Waals surface area contributed by atoms with E-state index in [-0.39, 0.29) is 40.8 Å². The second kappa shape index (κ2) is 7.49. The van der Waals surface area contributed by atoms with E-state index in [0.29, 0.717) is 23.5 Å². The minimum Gasteiger partial charge on any atom is -0.502 e. The summed E-state index contributed by atoms with van der Waals surface area (Å²) in [6.45, 7) is 0.0933. The lowest BCUT2D eigenvalue weighted by Crippen LogP contribution is -2.17. The van der Waals surface area contributed by atoms with Crippen molar-refractivity contribution in [1.29, 1.82) is 0 Å². The fourth-order valence-electron chi connectivity index (χ4n) is 2.96. The van der Waals surface area contributed by atoms with Gasteiger partial charge in [-0.1, -0.05) is 0 Å². The third-order valence-electron chi connectivity index (χ3n) is 4.32. The molecule has 152 valence electrons. The van der Waals surface area contributed by atoms with Crippen LogP contribution in [0.4, 0.5) is 5.69 Å². The van der Waals surface area contributed by atoms with Crippen molar-refractivity contribution in [2.24, 2.45) is 0 Å². The summed E-state index contributed by atoms with van der Waals surface area (Å²) in [5.41, 5.74) is 0.149. The number of halogens is 1. The highest BCUT2D eigenvalue weighted by molar-refractivity contribution is 7.92. The number of nitrogens with one attached hydrogen (secondary N) is 1. The lowest BCUT2D eigenvalue weighted by Gasteiger charge is -2.10. The van der Waals surface area contributed by atoms with Crippen LogP contribution in [0.2, 0.25) is 0 Å². The van der Waals surface area contributed by atoms with Gasteiger partial charge in [0.15, 0.2) is 17.3 Å². The maximum Gasteiger partial charge on any atom is 0.235 e. The van der Waals surface area contributed by atoms with Crippen LogP contribution in [0.3, 0.4) is 0 Å². The van der Waals surface area contributed by atoms with Crippen LogP contribution in [-0.4, -0.2) is 32.0 Å². The smallest absolute Gasteiger partial charge is 0.235 e. The molecule has 0 unspecified atom stereocenters. The molecule has 0 saturated heterocycles. The van der Waals surface area contributed by atoms with E-state index in [9.17, 15) is 18.3 Å². The number of rotatable bonds is 6. The van der Waals surface area contributed by atoms with Crippen LogP contribution >= 0.6 is 11.6 Å². The molecule has 0 atom stereocenters. The Labute approximate surface area is 170 Å². The lowest BCUT2D eigenvalue weighted by molar-refractivity contribution is 0.174. The first kappa shape index (κ1) is 19.4. The van der Waals surface area contributed by atoms with Crippen molar-refractivity contribution < 1.29 is 27.4 Å². The van der Waals surface area contributed by atoms with Crippen LogP contribution in [0, 0.1) is 0 Å². The number of fused-ring (bicyclic) bond motifs is 2. The van der Waals surface area contributed by atoms with Gasteiger partial charge in [-0.3, -0.25) is 9.52 Å². The standard InChI is InChI=1S/C19H16ClNO7S/c20-6-1-7-29(24,25)21-12-3-5-14-13(9-12)17(22)18(23)19(28-14)11-2-4-15-16(8-11)27-10-26-15/h2-5,8-9,21,23H,1,6-7,10H2. The van der Waals surface area contributed by atoms with Crippen LogP contribution in [0.1, 0.15) is 6.42 Å². The molecular formula is C19H16ClNO7S. The molecule has 0 saturated carbocycles. The van der Waals surface area contributed by atoms with Gasteiger partial charge in [0, 0.05) is 17.1 Å².